The van der Waals surface area contributed by atoms with E-state index in [1.807, 2.05) is 6.07 Å². The number of benzene rings is 1. The van der Waals surface area contributed by atoms with E-state index in [1.54, 1.807) is 0 Å². The van der Waals surface area contributed by atoms with Crippen LogP contribution in [0, 0.1) is 5.92 Å². The van der Waals surface area contributed by atoms with Gasteiger partial charge in [0.25, 0.3) is 0 Å². The molecule has 2 nitrogen and oxygen atoms in total. The first-order valence-corrected chi connectivity index (χ1v) is 5.68. The molecule has 2 rings (SSSR count). The van der Waals surface area contributed by atoms with Gasteiger partial charge in [0.05, 0.1) is 12.2 Å². The lowest BCUT2D eigenvalue weighted by atomic mass is 10.0. The summed E-state index contributed by atoms with van der Waals surface area (Å²) in [5.41, 5.74) is 1.27. The van der Waals surface area contributed by atoms with Gasteiger partial charge in [-0.1, -0.05) is 44.2 Å². The molecule has 1 heterocycles. The molecule has 90 valence electrons. The minimum atomic E-state index is 0. The molecule has 0 aliphatic carbocycles. The molecular formula is C13H20ClNO. The minimum absolute atomic E-state index is 0. The van der Waals surface area contributed by atoms with E-state index in [0.717, 1.165) is 13.1 Å². The Kier molecular flexibility index (Phi) is 5.26. The van der Waals surface area contributed by atoms with Crippen LogP contribution >= 0.6 is 12.4 Å². The van der Waals surface area contributed by atoms with Crippen molar-refractivity contribution in [2.75, 3.05) is 13.1 Å². The predicted molar refractivity (Wildman–Crippen MR) is 69.0 cm³/mol. The molecule has 1 aliphatic heterocycles. The zero-order valence-corrected chi connectivity index (χ0v) is 10.7. The van der Waals surface area contributed by atoms with Crippen molar-refractivity contribution in [3.8, 4) is 0 Å². The quantitative estimate of drug-likeness (QED) is 0.860. The molecular weight excluding hydrogens is 222 g/mol. The van der Waals surface area contributed by atoms with E-state index in [9.17, 15) is 0 Å². The smallest absolute Gasteiger partial charge is 0.0953 e. The molecule has 16 heavy (non-hydrogen) atoms. The topological polar surface area (TPSA) is 21.3 Å². The summed E-state index contributed by atoms with van der Waals surface area (Å²) in [6, 6.07) is 10.4. The van der Waals surface area contributed by atoms with Gasteiger partial charge >= 0.3 is 0 Å². The molecule has 1 saturated heterocycles. The maximum Gasteiger partial charge on any atom is 0.0953 e. The maximum absolute atomic E-state index is 6.07. The van der Waals surface area contributed by atoms with Crippen LogP contribution in [0.25, 0.3) is 0 Å². The lowest BCUT2D eigenvalue weighted by Gasteiger charge is -2.33. The van der Waals surface area contributed by atoms with Crippen molar-refractivity contribution in [2.45, 2.75) is 26.1 Å². The van der Waals surface area contributed by atoms with Crippen LogP contribution in [0.5, 0.6) is 0 Å². The highest BCUT2D eigenvalue weighted by molar-refractivity contribution is 5.85. The Hall–Kier alpha value is -0.570. The van der Waals surface area contributed by atoms with Gasteiger partial charge in [0.15, 0.2) is 0 Å². The predicted octanol–water partition coefficient (Wildman–Crippen LogP) is 2.79. The Balaban J connectivity index is 0.00000128. The number of hydrogen-bond donors (Lipinski definition) is 1. The van der Waals surface area contributed by atoms with E-state index >= 15 is 0 Å². The third-order valence-electron chi connectivity index (χ3n) is 2.93. The molecule has 3 heteroatoms. The third-order valence-corrected chi connectivity index (χ3v) is 2.93. The van der Waals surface area contributed by atoms with E-state index in [2.05, 4.69) is 43.4 Å². The van der Waals surface area contributed by atoms with Crippen molar-refractivity contribution in [3.63, 3.8) is 0 Å². The summed E-state index contributed by atoms with van der Waals surface area (Å²) in [4.78, 5) is 0. The highest BCUT2D eigenvalue weighted by Gasteiger charge is 2.24. The Bertz CT molecular complexity index is 302. The molecule has 1 fully saturated rings. The first-order chi connectivity index (χ1) is 7.27. The fourth-order valence-corrected chi connectivity index (χ4v) is 1.92. The number of morpholine rings is 1. The molecule has 0 unspecified atom stereocenters. The lowest BCUT2D eigenvalue weighted by molar-refractivity contribution is -0.0603. The fraction of sp³-hybridized carbons (Fsp3) is 0.538. The average molecular weight is 242 g/mol. The Morgan fingerprint density at radius 1 is 1.19 bits per heavy atom. The lowest BCUT2D eigenvalue weighted by Crippen LogP contribution is -2.42. The first kappa shape index (κ1) is 13.5. The van der Waals surface area contributed by atoms with E-state index in [4.69, 9.17) is 4.74 Å². The summed E-state index contributed by atoms with van der Waals surface area (Å²) in [5, 5.41) is 3.44. The summed E-state index contributed by atoms with van der Waals surface area (Å²) in [6.07, 6.45) is 0.552. The second-order valence-corrected chi connectivity index (χ2v) is 4.48. The van der Waals surface area contributed by atoms with Crippen molar-refractivity contribution < 1.29 is 4.74 Å². The highest BCUT2D eigenvalue weighted by Crippen LogP contribution is 2.23. The molecule has 1 N–H and O–H groups in total. The zero-order valence-electron chi connectivity index (χ0n) is 9.85. The minimum Gasteiger partial charge on any atom is -0.367 e. The van der Waals surface area contributed by atoms with Crippen LogP contribution in [0.15, 0.2) is 30.3 Å². The monoisotopic (exact) mass is 241 g/mol. The fourth-order valence-electron chi connectivity index (χ4n) is 1.92. The van der Waals surface area contributed by atoms with Gasteiger partial charge in [-0.15, -0.1) is 12.4 Å². The molecule has 0 radical (unpaired) electrons. The van der Waals surface area contributed by atoms with Crippen LogP contribution < -0.4 is 5.32 Å². The summed E-state index contributed by atoms with van der Waals surface area (Å²) in [5.74, 6) is 0.573. The SMILES string of the molecule is CC(C)[C@H]1CNC[C@@H](c2ccccc2)O1.Cl. The van der Waals surface area contributed by atoms with Crippen LogP contribution in [0.2, 0.25) is 0 Å². The Labute approximate surface area is 104 Å². The normalized spacial score (nSPS) is 25.2. The van der Waals surface area contributed by atoms with E-state index < -0.39 is 0 Å². The van der Waals surface area contributed by atoms with Crippen molar-refractivity contribution >= 4 is 12.4 Å². The summed E-state index contributed by atoms with van der Waals surface area (Å²) in [7, 11) is 0. The number of ether oxygens (including phenoxy) is 1. The van der Waals surface area contributed by atoms with Gasteiger partial charge in [0.2, 0.25) is 0 Å². The standard InChI is InChI=1S/C13H19NO.ClH/c1-10(2)12-8-14-9-13(15-12)11-6-4-3-5-7-11;/h3-7,10,12-14H,8-9H2,1-2H3;1H/t12-,13+;/m1./s1. The third kappa shape index (κ3) is 3.21. The van der Waals surface area contributed by atoms with Crippen LogP contribution in [0.1, 0.15) is 25.5 Å². The van der Waals surface area contributed by atoms with Gasteiger partial charge in [0, 0.05) is 13.1 Å². The molecule has 1 aliphatic rings. The zero-order chi connectivity index (χ0) is 10.7. The van der Waals surface area contributed by atoms with Crippen molar-refractivity contribution in [2.24, 2.45) is 5.92 Å². The van der Waals surface area contributed by atoms with Crippen molar-refractivity contribution in [3.05, 3.63) is 35.9 Å². The van der Waals surface area contributed by atoms with E-state index in [1.165, 1.54) is 5.56 Å². The molecule has 1 aromatic rings. The molecule has 0 saturated carbocycles. The second-order valence-electron chi connectivity index (χ2n) is 4.48. The van der Waals surface area contributed by atoms with Gasteiger partial charge in [-0.3, -0.25) is 0 Å². The molecule has 2 atom stereocenters. The summed E-state index contributed by atoms with van der Waals surface area (Å²) >= 11 is 0. The van der Waals surface area contributed by atoms with Gasteiger partial charge in [0.1, 0.15) is 0 Å². The van der Waals surface area contributed by atoms with Crippen molar-refractivity contribution in [1.29, 1.82) is 0 Å². The molecule has 0 aromatic heterocycles. The van der Waals surface area contributed by atoms with Crippen LogP contribution in [-0.4, -0.2) is 19.2 Å². The van der Waals surface area contributed by atoms with Crippen LogP contribution in [0.3, 0.4) is 0 Å². The highest BCUT2D eigenvalue weighted by atomic mass is 35.5. The van der Waals surface area contributed by atoms with Gasteiger partial charge in [-0.05, 0) is 11.5 Å². The maximum atomic E-state index is 6.07. The molecule has 0 amide bonds. The summed E-state index contributed by atoms with van der Waals surface area (Å²) in [6.45, 7) is 6.31. The first-order valence-electron chi connectivity index (χ1n) is 5.68. The second kappa shape index (κ2) is 6.24. The number of hydrogen-bond acceptors (Lipinski definition) is 2. The van der Waals surface area contributed by atoms with E-state index in [0.29, 0.717) is 12.0 Å². The van der Waals surface area contributed by atoms with E-state index in [-0.39, 0.29) is 18.5 Å². The molecule has 1 aromatic carbocycles. The van der Waals surface area contributed by atoms with Gasteiger partial charge < -0.3 is 10.1 Å². The molecule has 0 bridgehead atoms. The number of halogens is 1. The largest absolute Gasteiger partial charge is 0.367 e. The van der Waals surface area contributed by atoms with Crippen LogP contribution in [-0.2, 0) is 4.74 Å². The van der Waals surface area contributed by atoms with Crippen molar-refractivity contribution in [1.82, 2.24) is 5.32 Å². The number of nitrogens with one attached hydrogen (secondary N) is 1. The Morgan fingerprint density at radius 3 is 2.50 bits per heavy atom. The number of rotatable bonds is 2. The molecule has 0 spiro atoms. The Morgan fingerprint density at radius 2 is 1.88 bits per heavy atom. The summed E-state index contributed by atoms with van der Waals surface area (Å²) < 4.78 is 6.07. The van der Waals surface area contributed by atoms with Gasteiger partial charge in [-0.25, -0.2) is 0 Å². The van der Waals surface area contributed by atoms with Gasteiger partial charge in [-0.2, -0.15) is 0 Å². The average Bonchev–Trinajstić information content (AvgIpc) is 2.30. The van der Waals surface area contributed by atoms with Crippen LogP contribution in [0.4, 0.5) is 0 Å².